The molecule has 2 nitrogen and oxygen atoms in total. The van der Waals surface area contributed by atoms with Gasteiger partial charge < -0.3 is 0 Å². The fraction of sp³-hybridized carbons (Fsp3) is 1.00. The Balaban J connectivity index is 4.53. The third-order valence-corrected chi connectivity index (χ3v) is 3.12. The SMILES string of the molecule is O=[S](=O)([Zn])C(F)(F)F. The molecule has 0 aliphatic carbocycles. The molecule has 0 aromatic rings. The number of alkyl halides is 3. The van der Waals surface area contributed by atoms with E-state index in [1.54, 1.807) is 0 Å². The quantitative estimate of drug-likeness (QED) is 0.528. The van der Waals surface area contributed by atoms with Gasteiger partial charge in [-0.05, 0) is 0 Å². The number of hydrogen-bond acceptors (Lipinski definition) is 2. The van der Waals surface area contributed by atoms with Crippen molar-refractivity contribution in [1.82, 2.24) is 0 Å². The van der Waals surface area contributed by atoms with Crippen molar-refractivity contribution >= 4 is 7.83 Å². The summed E-state index contributed by atoms with van der Waals surface area (Å²) in [6.07, 6.45) is 0. The van der Waals surface area contributed by atoms with Crippen molar-refractivity contribution in [1.29, 1.82) is 0 Å². The van der Waals surface area contributed by atoms with Crippen LogP contribution in [0.3, 0.4) is 0 Å². The molecule has 45 valence electrons. The summed E-state index contributed by atoms with van der Waals surface area (Å²) in [6, 6.07) is 0. The van der Waals surface area contributed by atoms with Crippen LogP contribution in [0, 0.1) is 0 Å². The molecule has 0 aliphatic rings. The monoisotopic (exact) mass is 197 g/mol. The summed E-state index contributed by atoms with van der Waals surface area (Å²) in [5, 5.41) is 0. The Morgan fingerprint density at radius 1 is 1.25 bits per heavy atom. The molecule has 0 heterocycles. The predicted octanol–water partition coefficient (Wildman–Crippen LogP) is 0.383. The van der Waals surface area contributed by atoms with Crippen LogP contribution in [0.15, 0.2) is 0 Å². The van der Waals surface area contributed by atoms with Crippen LogP contribution in [-0.2, 0) is 24.9 Å². The molecule has 0 rings (SSSR count). The van der Waals surface area contributed by atoms with E-state index in [-0.39, 0.29) is 0 Å². The van der Waals surface area contributed by atoms with Gasteiger partial charge in [-0.25, -0.2) is 0 Å². The van der Waals surface area contributed by atoms with Gasteiger partial charge in [0, 0.05) is 0 Å². The Labute approximate surface area is 52.5 Å². The van der Waals surface area contributed by atoms with Gasteiger partial charge in [0.05, 0.1) is 0 Å². The first-order valence-electron chi connectivity index (χ1n) is 1.39. The average Bonchev–Trinajstić information content (AvgIpc) is 1.25. The standard InChI is InChI=1S/CF3O2S.Zn/c2-1(3,4)7(5)6;. The Hall–Kier alpha value is 0.363. The van der Waals surface area contributed by atoms with E-state index in [0.29, 0.717) is 0 Å². The maximum absolute atomic E-state index is 11.0. The molecule has 0 saturated heterocycles. The first-order valence-corrected chi connectivity index (χ1v) is 6.68. The molecular formula is CF3O2SZn. The molecule has 0 amide bonds. The third kappa shape index (κ3) is 2.09. The summed E-state index contributed by atoms with van der Waals surface area (Å²) < 4.78 is 52.2. The Kier molecular flexibility index (Phi) is 2.04. The van der Waals surface area contributed by atoms with Gasteiger partial charge in [0.1, 0.15) is 0 Å². The fourth-order valence-electron chi connectivity index (χ4n) is 0. The van der Waals surface area contributed by atoms with Crippen molar-refractivity contribution in [2.75, 3.05) is 0 Å². The summed E-state index contributed by atoms with van der Waals surface area (Å²) in [5.74, 6) is 0. The third-order valence-electron chi connectivity index (χ3n) is 0.353. The zero-order valence-corrected chi connectivity index (χ0v) is 7.35. The van der Waals surface area contributed by atoms with Crippen molar-refractivity contribution in [2.45, 2.75) is 5.51 Å². The van der Waals surface area contributed by atoms with Crippen molar-refractivity contribution in [2.24, 2.45) is 0 Å². The molecule has 0 spiro atoms. The zero-order valence-electron chi connectivity index (χ0n) is 3.57. The molecule has 0 bridgehead atoms. The van der Waals surface area contributed by atoms with Crippen LogP contribution < -0.4 is 0 Å². The second kappa shape index (κ2) is 1.95. The minimum absolute atomic E-state index is 0.767. The number of halogens is 3. The molecule has 0 aromatic carbocycles. The van der Waals surface area contributed by atoms with Gasteiger partial charge >= 0.3 is 52.0 Å². The first kappa shape index (κ1) is 8.36. The molecule has 8 heavy (non-hydrogen) atoms. The van der Waals surface area contributed by atoms with E-state index in [1.807, 2.05) is 0 Å². The molecular weight excluding hydrogens is 198 g/mol. The van der Waals surface area contributed by atoms with E-state index in [2.05, 4.69) is 0 Å². The molecule has 0 unspecified atom stereocenters. The van der Waals surface area contributed by atoms with Crippen LogP contribution in [0.1, 0.15) is 0 Å². The summed E-state index contributed by atoms with van der Waals surface area (Å²) in [7, 11) is -4.72. The van der Waals surface area contributed by atoms with Gasteiger partial charge in [0.2, 0.25) is 0 Å². The van der Waals surface area contributed by atoms with Crippen LogP contribution >= 0.6 is 0 Å². The Morgan fingerprint density at radius 3 is 1.38 bits per heavy atom. The predicted molar refractivity (Wildman–Crippen MR) is 15.0 cm³/mol. The fourth-order valence-corrected chi connectivity index (χ4v) is 0. The molecule has 0 fully saturated rings. The van der Waals surface area contributed by atoms with Crippen LogP contribution in [0.2, 0.25) is 0 Å². The summed E-state index contributed by atoms with van der Waals surface area (Å²) in [5.41, 5.74) is -5.03. The van der Waals surface area contributed by atoms with Gasteiger partial charge in [-0.1, -0.05) is 0 Å². The minimum atomic E-state index is -5.03. The Bertz CT molecular complexity index is 166. The first-order chi connectivity index (χ1) is 3.25. The average molecular weight is 198 g/mol. The molecule has 0 atom stereocenters. The second-order valence-corrected chi connectivity index (χ2v) is 7.54. The number of rotatable bonds is 0. The molecule has 0 aliphatic heterocycles. The van der Waals surface area contributed by atoms with Crippen molar-refractivity contribution < 1.29 is 38.7 Å². The van der Waals surface area contributed by atoms with Crippen molar-refractivity contribution in [3.63, 3.8) is 0 Å². The molecule has 7 heteroatoms. The van der Waals surface area contributed by atoms with E-state index >= 15 is 0 Å². The summed E-state index contributed by atoms with van der Waals surface area (Å²) in [4.78, 5) is 0. The topological polar surface area (TPSA) is 34.1 Å². The van der Waals surface area contributed by atoms with E-state index in [1.165, 1.54) is 0 Å². The van der Waals surface area contributed by atoms with E-state index in [9.17, 15) is 21.6 Å². The Morgan fingerprint density at radius 2 is 1.38 bits per heavy atom. The van der Waals surface area contributed by atoms with Crippen molar-refractivity contribution in [3.8, 4) is 0 Å². The van der Waals surface area contributed by atoms with Gasteiger partial charge in [-0.15, -0.1) is 0 Å². The summed E-state index contributed by atoms with van der Waals surface area (Å²) >= 11 is -0.767. The van der Waals surface area contributed by atoms with Crippen LogP contribution in [0.5, 0.6) is 0 Å². The van der Waals surface area contributed by atoms with Crippen LogP contribution in [-0.4, -0.2) is 13.9 Å². The second-order valence-electron chi connectivity index (χ2n) is 1.06. The normalized spacial score (nSPS) is 14.1. The van der Waals surface area contributed by atoms with Gasteiger partial charge in [0.15, 0.2) is 0 Å². The number of hydrogen-bond donors (Lipinski definition) is 0. The summed E-state index contributed by atoms with van der Waals surface area (Å²) in [6.45, 7) is 0. The van der Waals surface area contributed by atoms with Crippen LogP contribution in [0.25, 0.3) is 0 Å². The maximum atomic E-state index is 11.0. The molecule has 0 aromatic heterocycles. The zero-order chi connectivity index (χ0) is 7.00. The molecule has 0 N–H and O–H groups in total. The molecule has 0 radical (unpaired) electrons. The van der Waals surface area contributed by atoms with E-state index < -0.39 is 30.4 Å². The van der Waals surface area contributed by atoms with E-state index in [4.69, 9.17) is 0 Å². The van der Waals surface area contributed by atoms with E-state index in [0.717, 1.165) is 0 Å². The van der Waals surface area contributed by atoms with Gasteiger partial charge in [-0.3, -0.25) is 0 Å². The van der Waals surface area contributed by atoms with Gasteiger partial charge in [0.25, 0.3) is 0 Å². The van der Waals surface area contributed by atoms with Gasteiger partial charge in [-0.2, -0.15) is 0 Å². The van der Waals surface area contributed by atoms with Crippen molar-refractivity contribution in [3.05, 3.63) is 0 Å². The molecule has 0 saturated carbocycles. The van der Waals surface area contributed by atoms with Crippen LogP contribution in [0.4, 0.5) is 13.2 Å².